The van der Waals surface area contributed by atoms with Crippen molar-refractivity contribution in [1.29, 1.82) is 0 Å². The molecule has 0 saturated carbocycles. The van der Waals surface area contributed by atoms with Gasteiger partial charge in [0.15, 0.2) is 0 Å². The average Bonchev–Trinajstić information content (AvgIpc) is 2.85. The summed E-state index contributed by atoms with van der Waals surface area (Å²) in [4.78, 5) is 27.7. The molecule has 1 heterocycles. The number of aryl methyl sites for hydroxylation is 3. The highest BCUT2D eigenvalue weighted by Crippen LogP contribution is 2.33. The van der Waals surface area contributed by atoms with E-state index >= 15 is 0 Å². The maximum Gasteiger partial charge on any atom is 0.278 e. The van der Waals surface area contributed by atoms with E-state index < -0.39 is 0 Å². The maximum absolute atomic E-state index is 13.2. The molecule has 0 bridgehead atoms. The lowest BCUT2D eigenvalue weighted by molar-refractivity contribution is -0.137. The molecule has 2 aromatic rings. The van der Waals surface area contributed by atoms with Gasteiger partial charge in [0.05, 0.1) is 5.57 Å². The molecular formula is C23H25ClN2O2. The standard InChI is InChI=1S/C23H25ClN2O2/c1-13(2)12-26-22(27)20(17-8-6-14(3)16(5)10-17)21(23(26)28)25-19-11-18(24)9-7-15(19)4/h6-11,13,25H,12H2,1-5H3. The van der Waals surface area contributed by atoms with Crippen LogP contribution in [0.1, 0.15) is 36.1 Å². The largest absolute Gasteiger partial charge is 0.350 e. The van der Waals surface area contributed by atoms with Crippen molar-refractivity contribution >= 4 is 34.7 Å². The molecule has 0 fully saturated rings. The third-order valence-corrected chi connectivity index (χ3v) is 5.21. The third kappa shape index (κ3) is 3.83. The molecule has 2 aromatic carbocycles. The van der Waals surface area contributed by atoms with Crippen LogP contribution in [-0.2, 0) is 9.59 Å². The number of anilines is 1. The Hall–Kier alpha value is -2.59. The van der Waals surface area contributed by atoms with Crippen molar-refractivity contribution in [2.75, 3.05) is 11.9 Å². The van der Waals surface area contributed by atoms with E-state index in [9.17, 15) is 9.59 Å². The summed E-state index contributed by atoms with van der Waals surface area (Å²) >= 11 is 6.14. The fourth-order valence-corrected chi connectivity index (χ4v) is 3.42. The van der Waals surface area contributed by atoms with Crippen LogP contribution in [-0.4, -0.2) is 23.3 Å². The second-order valence-electron chi connectivity index (χ2n) is 7.75. The molecule has 2 amide bonds. The summed E-state index contributed by atoms with van der Waals surface area (Å²) in [5, 5.41) is 3.77. The number of nitrogens with one attached hydrogen (secondary N) is 1. The van der Waals surface area contributed by atoms with Crippen LogP contribution in [0.25, 0.3) is 5.57 Å². The number of imide groups is 1. The number of amides is 2. The number of hydrogen-bond donors (Lipinski definition) is 1. The summed E-state index contributed by atoms with van der Waals surface area (Å²) in [5.41, 5.74) is 5.34. The molecule has 146 valence electrons. The molecule has 0 spiro atoms. The number of hydrogen-bond acceptors (Lipinski definition) is 3. The molecule has 0 aliphatic carbocycles. The Kier molecular flexibility index (Phi) is 5.61. The molecule has 0 radical (unpaired) electrons. The third-order valence-electron chi connectivity index (χ3n) is 4.97. The number of carbonyl (C=O) groups is 2. The molecule has 0 aromatic heterocycles. The van der Waals surface area contributed by atoms with Gasteiger partial charge in [-0.2, -0.15) is 0 Å². The van der Waals surface area contributed by atoms with Crippen molar-refractivity contribution in [3.05, 3.63) is 69.4 Å². The van der Waals surface area contributed by atoms with Crippen LogP contribution in [0.2, 0.25) is 5.02 Å². The van der Waals surface area contributed by atoms with Crippen molar-refractivity contribution in [2.24, 2.45) is 5.92 Å². The summed E-state index contributed by atoms with van der Waals surface area (Å²) in [6.07, 6.45) is 0. The molecule has 0 saturated heterocycles. The van der Waals surface area contributed by atoms with Gasteiger partial charge in [0, 0.05) is 17.3 Å². The molecule has 28 heavy (non-hydrogen) atoms. The Bertz CT molecular complexity index is 992. The highest BCUT2D eigenvalue weighted by molar-refractivity contribution is 6.36. The highest BCUT2D eigenvalue weighted by atomic mass is 35.5. The second kappa shape index (κ2) is 7.80. The summed E-state index contributed by atoms with van der Waals surface area (Å²) < 4.78 is 0. The van der Waals surface area contributed by atoms with Gasteiger partial charge < -0.3 is 5.32 Å². The van der Waals surface area contributed by atoms with E-state index in [1.54, 1.807) is 12.1 Å². The number of halogens is 1. The molecule has 5 heteroatoms. The number of benzene rings is 2. The first kappa shape index (κ1) is 20.2. The van der Waals surface area contributed by atoms with E-state index in [1.807, 2.05) is 58.9 Å². The topological polar surface area (TPSA) is 49.4 Å². The lowest BCUT2D eigenvalue weighted by atomic mass is 9.99. The van der Waals surface area contributed by atoms with E-state index in [4.69, 9.17) is 11.6 Å². The Morgan fingerprint density at radius 3 is 2.25 bits per heavy atom. The first-order valence-electron chi connectivity index (χ1n) is 9.40. The van der Waals surface area contributed by atoms with Crippen molar-refractivity contribution in [1.82, 2.24) is 4.90 Å². The molecule has 1 aliphatic rings. The zero-order chi connectivity index (χ0) is 20.6. The molecule has 1 aliphatic heterocycles. The minimum absolute atomic E-state index is 0.182. The molecular weight excluding hydrogens is 372 g/mol. The van der Waals surface area contributed by atoms with E-state index in [0.717, 1.165) is 27.9 Å². The monoisotopic (exact) mass is 396 g/mol. The van der Waals surface area contributed by atoms with Crippen LogP contribution < -0.4 is 5.32 Å². The maximum atomic E-state index is 13.2. The summed E-state index contributed by atoms with van der Waals surface area (Å²) in [5.74, 6) is -0.378. The quantitative estimate of drug-likeness (QED) is 0.714. The van der Waals surface area contributed by atoms with Crippen LogP contribution in [0, 0.1) is 26.7 Å². The predicted molar refractivity (Wildman–Crippen MR) is 114 cm³/mol. The van der Waals surface area contributed by atoms with Gasteiger partial charge in [-0.3, -0.25) is 14.5 Å². The minimum atomic E-state index is -0.300. The average molecular weight is 397 g/mol. The molecule has 0 unspecified atom stereocenters. The van der Waals surface area contributed by atoms with Crippen molar-refractivity contribution in [3.8, 4) is 0 Å². The fourth-order valence-electron chi connectivity index (χ4n) is 3.25. The molecule has 3 rings (SSSR count). The number of carbonyl (C=O) groups excluding carboxylic acids is 2. The van der Waals surface area contributed by atoms with Crippen molar-refractivity contribution < 1.29 is 9.59 Å². The zero-order valence-corrected chi connectivity index (χ0v) is 17.6. The van der Waals surface area contributed by atoms with Gasteiger partial charge >= 0.3 is 0 Å². The van der Waals surface area contributed by atoms with Crippen LogP contribution in [0.15, 0.2) is 42.1 Å². The summed E-state index contributed by atoms with van der Waals surface area (Å²) in [7, 11) is 0. The Balaban J connectivity index is 2.13. The Labute approximate surface area is 171 Å². The normalized spacial score (nSPS) is 14.5. The molecule has 0 atom stereocenters. The van der Waals surface area contributed by atoms with E-state index in [-0.39, 0.29) is 17.7 Å². The summed E-state index contributed by atoms with van der Waals surface area (Å²) in [6.45, 7) is 10.3. The molecule has 1 N–H and O–H groups in total. The lowest BCUT2D eigenvalue weighted by Gasteiger charge is -2.17. The van der Waals surface area contributed by atoms with Crippen molar-refractivity contribution in [3.63, 3.8) is 0 Å². The van der Waals surface area contributed by atoms with E-state index in [1.165, 1.54) is 4.90 Å². The smallest absolute Gasteiger partial charge is 0.278 e. The zero-order valence-electron chi connectivity index (χ0n) is 16.9. The van der Waals surface area contributed by atoms with E-state index in [2.05, 4.69) is 5.32 Å². The SMILES string of the molecule is Cc1ccc(C2=C(Nc3cc(Cl)ccc3C)C(=O)N(CC(C)C)C2=O)cc1C. The van der Waals surface area contributed by atoms with Gasteiger partial charge in [-0.05, 0) is 61.1 Å². The van der Waals surface area contributed by atoms with Crippen molar-refractivity contribution in [2.45, 2.75) is 34.6 Å². The van der Waals surface area contributed by atoms with Gasteiger partial charge in [0.2, 0.25) is 0 Å². The van der Waals surface area contributed by atoms with E-state index in [0.29, 0.717) is 22.8 Å². The van der Waals surface area contributed by atoms with Crippen LogP contribution in [0.3, 0.4) is 0 Å². The van der Waals surface area contributed by atoms with Gasteiger partial charge in [-0.25, -0.2) is 0 Å². The number of nitrogens with zero attached hydrogens (tertiary/aromatic N) is 1. The van der Waals surface area contributed by atoms with Crippen LogP contribution >= 0.6 is 11.6 Å². The second-order valence-corrected chi connectivity index (χ2v) is 8.18. The molecule has 4 nitrogen and oxygen atoms in total. The van der Waals surface area contributed by atoms with Crippen LogP contribution in [0.5, 0.6) is 0 Å². The highest BCUT2D eigenvalue weighted by Gasteiger charge is 2.39. The van der Waals surface area contributed by atoms with Gasteiger partial charge in [-0.15, -0.1) is 0 Å². The number of rotatable bonds is 5. The minimum Gasteiger partial charge on any atom is -0.350 e. The Morgan fingerprint density at radius 2 is 1.61 bits per heavy atom. The lowest BCUT2D eigenvalue weighted by Crippen LogP contribution is -2.35. The first-order valence-corrected chi connectivity index (χ1v) is 9.78. The predicted octanol–water partition coefficient (Wildman–Crippen LogP) is 5.11. The summed E-state index contributed by atoms with van der Waals surface area (Å²) in [6, 6.07) is 11.3. The Morgan fingerprint density at radius 1 is 0.929 bits per heavy atom. The first-order chi connectivity index (χ1) is 13.2. The fraction of sp³-hybridized carbons (Fsp3) is 0.304. The van der Waals surface area contributed by atoms with Crippen LogP contribution in [0.4, 0.5) is 5.69 Å². The van der Waals surface area contributed by atoms with Gasteiger partial charge in [0.25, 0.3) is 11.8 Å². The van der Waals surface area contributed by atoms with Gasteiger partial charge in [-0.1, -0.05) is 49.7 Å². The van der Waals surface area contributed by atoms with Gasteiger partial charge in [0.1, 0.15) is 5.70 Å².